The topological polar surface area (TPSA) is 15.3 Å². The van der Waals surface area contributed by atoms with Gasteiger partial charge in [-0.1, -0.05) is 18.2 Å². The van der Waals surface area contributed by atoms with Gasteiger partial charge in [0.15, 0.2) is 0 Å². The molecule has 1 heterocycles. The van der Waals surface area contributed by atoms with Crippen LogP contribution < -0.4 is 5.32 Å². The molecule has 114 valence electrons. The molecule has 1 aliphatic carbocycles. The second kappa shape index (κ2) is 6.47. The van der Waals surface area contributed by atoms with Crippen LogP contribution in [0.25, 0.3) is 10.1 Å². The maximum absolute atomic E-state index is 3.43. The fraction of sp³-hybridized carbons (Fsp3) is 0.556. The molecule has 21 heavy (non-hydrogen) atoms. The molecule has 0 amide bonds. The van der Waals surface area contributed by atoms with Crippen molar-refractivity contribution in [2.24, 2.45) is 0 Å². The molecule has 1 fully saturated rings. The van der Waals surface area contributed by atoms with Crippen molar-refractivity contribution in [3.8, 4) is 0 Å². The van der Waals surface area contributed by atoms with Crippen LogP contribution in [0.5, 0.6) is 0 Å². The molecule has 1 atom stereocenters. The number of nitrogens with zero attached hydrogens (tertiary/aromatic N) is 1. The predicted octanol–water partition coefficient (Wildman–Crippen LogP) is 4.42. The van der Waals surface area contributed by atoms with Crippen molar-refractivity contribution in [2.45, 2.75) is 50.7 Å². The summed E-state index contributed by atoms with van der Waals surface area (Å²) in [5, 5.41) is 4.81. The number of fused-ring (bicyclic) bond motifs is 1. The van der Waals surface area contributed by atoms with Gasteiger partial charge in [0, 0.05) is 27.7 Å². The van der Waals surface area contributed by atoms with E-state index in [1.165, 1.54) is 40.6 Å². The quantitative estimate of drug-likeness (QED) is 0.899. The van der Waals surface area contributed by atoms with Gasteiger partial charge in [0.1, 0.15) is 0 Å². The molecule has 0 bridgehead atoms. The molecule has 3 rings (SSSR count). The zero-order valence-electron chi connectivity index (χ0n) is 13.3. The third kappa shape index (κ3) is 3.15. The summed E-state index contributed by atoms with van der Waals surface area (Å²) in [6.07, 6.45) is 5.25. The highest BCUT2D eigenvalue weighted by atomic mass is 32.1. The van der Waals surface area contributed by atoms with Gasteiger partial charge in [-0.3, -0.25) is 4.90 Å². The third-order valence-electron chi connectivity index (χ3n) is 5.15. The minimum Gasteiger partial charge on any atom is -0.317 e. The first-order valence-electron chi connectivity index (χ1n) is 8.06. The average Bonchev–Trinajstić information content (AvgIpc) is 2.97. The van der Waals surface area contributed by atoms with E-state index in [0.29, 0.717) is 6.04 Å². The minimum absolute atomic E-state index is 0.513. The lowest BCUT2D eigenvalue weighted by Gasteiger charge is -2.37. The number of hydrogen-bond donors (Lipinski definition) is 1. The highest BCUT2D eigenvalue weighted by Crippen LogP contribution is 2.35. The van der Waals surface area contributed by atoms with Crippen LogP contribution in [0.1, 0.15) is 43.5 Å². The summed E-state index contributed by atoms with van der Waals surface area (Å²) in [5.74, 6) is 0. The van der Waals surface area contributed by atoms with Gasteiger partial charge >= 0.3 is 0 Å². The second-order valence-electron chi connectivity index (χ2n) is 6.32. The number of hydrogen-bond acceptors (Lipinski definition) is 3. The average molecular weight is 302 g/mol. The first-order chi connectivity index (χ1) is 10.2. The number of rotatable bonds is 4. The molecule has 1 aromatic carbocycles. The van der Waals surface area contributed by atoms with Gasteiger partial charge < -0.3 is 5.32 Å². The Labute approximate surface area is 132 Å². The van der Waals surface area contributed by atoms with Gasteiger partial charge in [-0.2, -0.15) is 0 Å². The Bertz CT molecular complexity index is 551. The Morgan fingerprint density at radius 1 is 1.19 bits per heavy atom. The van der Waals surface area contributed by atoms with Crippen LogP contribution in [-0.2, 0) is 0 Å². The number of nitrogens with one attached hydrogen (secondary N) is 1. The zero-order valence-corrected chi connectivity index (χ0v) is 14.1. The van der Waals surface area contributed by atoms with Crippen molar-refractivity contribution >= 4 is 21.4 Å². The summed E-state index contributed by atoms with van der Waals surface area (Å²) < 4.78 is 1.41. The highest BCUT2D eigenvalue weighted by molar-refractivity contribution is 7.19. The Morgan fingerprint density at radius 2 is 1.90 bits per heavy atom. The van der Waals surface area contributed by atoms with Crippen LogP contribution in [0.15, 0.2) is 30.3 Å². The highest BCUT2D eigenvalue weighted by Gasteiger charge is 2.26. The van der Waals surface area contributed by atoms with Crippen molar-refractivity contribution in [3.63, 3.8) is 0 Å². The predicted molar refractivity (Wildman–Crippen MR) is 93.1 cm³/mol. The molecule has 1 N–H and O–H groups in total. The molecule has 1 saturated carbocycles. The van der Waals surface area contributed by atoms with Gasteiger partial charge in [0.25, 0.3) is 0 Å². The van der Waals surface area contributed by atoms with E-state index in [9.17, 15) is 0 Å². The maximum Gasteiger partial charge on any atom is 0.0413 e. The molecule has 3 heteroatoms. The molecule has 2 nitrogen and oxygen atoms in total. The van der Waals surface area contributed by atoms with Crippen molar-refractivity contribution in [1.29, 1.82) is 0 Å². The molecular weight excluding hydrogens is 276 g/mol. The normalized spacial score (nSPS) is 24.6. The summed E-state index contributed by atoms with van der Waals surface area (Å²) in [6, 6.07) is 13.1. The Hall–Kier alpha value is -0.900. The van der Waals surface area contributed by atoms with Crippen LogP contribution in [0.4, 0.5) is 0 Å². The smallest absolute Gasteiger partial charge is 0.0413 e. The van der Waals surface area contributed by atoms with Crippen molar-refractivity contribution in [1.82, 2.24) is 10.2 Å². The number of benzene rings is 1. The molecule has 2 aromatic rings. The van der Waals surface area contributed by atoms with Gasteiger partial charge in [-0.25, -0.2) is 0 Å². The molecule has 1 aliphatic rings. The molecule has 1 aromatic heterocycles. The monoisotopic (exact) mass is 302 g/mol. The lowest BCUT2D eigenvalue weighted by atomic mass is 9.90. The Morgan fingerprint density at radius 3 is 2.57 bits per heavy atom. The van der Waals surface area contributed by atoms with Gasteiger partial charge in [0.05, 0.1) is 0 Å². The summed E-state index contributed by atoms with van der Waals surface area (Å²) in [5.41, 5.74) is 0. The zero-order chi connectivity index (χ0) is 14.8. The van der Waals surface area contributed by atoms with Crippen LogP contribution in [0.2, 0.25) is 0 Å². The molecule has 0 saturated heterocycles. The lowest BCUT2D eigenvalue weighted by molar-refractivity contribution is 0.138. The second-order valence-corrected chi connectivity index (χ2v) is 7.44. The van der Waals surface area contributed by atoms with E-state index in [0.717, 1.165) is 12.1 Å². The summed E-state index contributed by atoms with van der Waals surface area (Å²) >= 11 is 1.95. The molecule has 0 aliphatic heterocycles. The minimum atomic E-state index is 0.513. The van der Waals surface area contributed by atoms with E-state index >= 15 is 0 Å². The Balaban J connectivity index is 1.70. The van der Waals surface area contributed by atoms with E-state index in [1.807, 2.05) is 11.3 Å². The van der Waals surface area contributed by atoms with Gasteiger partial charge in [-0.15, -0.1) is 11.3 Å². The molecular formula is C18H26N2S. The van der Waals surface area contributed by atoms with Crippen LogP contribution in [0, 0.1) is 0 Å². The fourth-order valence-electron chi connectivity index (χ4n) is 3.50. The van der Waals surface area contributed by atoms with Crippen LogP contribution in [-0.4, -0.2) is 31.1 Å². The van der Waals surface area contributed by atoms with E-state index in [-0.39, 0.29) is 0 Å². The molecule has 0 radical (unpaired) electrons. The summed E-state index contributed by atoms with van der Waals surface area (Å²) in [6.45, 7) is 2.36. The van der Waals surface area contributed by atoms with Crippen molar-refractivity contribution < 1.29 is 0 Å². The van der Waals surface area contributed by atoms with E-state index in [2.05, 4.69) is 61.6 Å². The van der Waals surface area contributed by atoms with Crippen LogP contribution >= 0.6 is 11.3 Å². The van der Waals surface area contributed by atoms with Crippen LogP contribution in [0.3, 0.4) is 0 Å². The first-order valence-corrected chi connectivity index (χ1v) is 8.88. The standard InChI is InChI=1S/C18H26N2S/c1-13(18-12-14-6-4-5-7-17(14)21-18)20(3)16-10-8-15(19-2)9-11-16/h4-7,12-13,15-16,19H,8-11H2,1-3H3. The van der Waals surface area contributed by atoms with E-state index in [1.54, 1.807) is 0 Å². The molecule has 0 spiro atoms. The van der Waals surface area contributed by atoms with Crippen molar-refractivity contribution in [3.05, 3.63) is 35.2 Å². The fourth-order valence-corrected chi connectivity index (χ4v) is 4.67. The van der Waals surface area contributed by atoms with Crippen molar-refractivity contribution in [2.75, 3.05) is 14.1 Å². The third-order valence-corrected chi connectivity index (χ3v) is 6.43. The maximum atomic E-state index is 3.43. The number of thiophene rings is 1. The molecule has 1 unspecified atom stereocenters. The largest absolute Gasteiger partial charge is 0.317 e. The van der Waals surface area contributed by atoms with E-state index in [4.69, 9.17) is 0 Å². The van der Waals surface area contributed by atoms with E-state index < -0.39 is 0 Å². The van der Waals surface area contributed by atoms with Gasteiger partial charge in [0.2, 0.25) is 0 Å². The van der Waals surface area contributed by atoms with Gasteiger partial charge in [-0.05, 0) is 64.2 Å². The first kappa shape index (κ1) is 15.0. The summed E-state index contributed by atoms with van der Waals surface area (Å²) in [7, 11) is 4.40. The lowest BCUT2D eigenvalue weighted by Crippen LogP contribution is -2.40. The summed E-state index contributed by atoms with van der Waals surface area (Å²) in [4.78, 5) is 4.09. The SMILES string of the molecule is CNC1CCC(N(C)C(C)c2cc3ccccc3s2)CC1. The Kier molecular flexibility index (Phi) is 4.63.